The lowest BCUT2D eigenvalue weighted by atomic mass is 10.1. The zero-order valence-electron chi connectivity index (χ0n) is 17.8. The average molecular weight is 438 g/mol. The number of nitrogens with zero attached hydrogens (tertiary/aromatic N) is 4. The van der Waals surface area contributed by atoms with Gasteiger partial charge in [0.25, 0.3) is 0 Å². The molecule has 1 aromatic heterocycles. The number of rotatable bonds is 8. The van der Waals surface area contributed by atoms with Crippen LogP contribution in [-0.2, 0) is 30.4 Å². The summed E-state index contributed by atoms with van der Waals surface area (Å²) in [7, 11) is 0. The van der Waals surface area contributed by atoms with Crippen LogP contribution < -0.4 is 10.6 Å². The van der Waals surface area contributed by atoms with Gasteiger partial charge in [0.2, 0.25) is 0 Å². The fraction of sp³-hybridized carbons (Fsp3) is 0.571. The zero-order chi connectivity index (χ0) is 22.3. The highest BCUT2D eigenvalue weighted by Crippen LogP contribution is 2.29. The highest BCUT2D eigenvalue weighted by Gasteiger charge is 2.30. The third-order valence-electron chi connectivity index (χ3n) is 5.22. The number of hydrogen-bond donors (Lipinski definition) is 2. The summed E-state index contributed by atoms with van der Waals surface area (Å²) in [4.78, 5) is 4.52. The van der Waals surface area contributed by atoms with Crippen molar-refractivity contribution in [2.45, 2.75) is 64.5 Å². The van der Waals surface area contributed by atoms with Gasteiger partial charge in [-0.2, -0.15) is 13.2 Å². The second-order valence-electron chi connectivity index (χ2n) is 7.57. The molecule has 0 bridgehead atoms. The summed E-state index contributed by atoms with van der Waals surface area (Å²) in [6.07, 6.45) is 0.172. The zero-order valence-corrected chi connectivity index (χ0v) is 17.8. The van der Waals surface area contributed by atoms with E-state index in [0.29, 0.717) is 24.6 Å². The summed E-state index contributed by atoms with van der Waals surface area (Å²) in [5.41, 5.74) is -0.178. The molecule has 0 amide bonds. The number of nitrogens with one attached hydrogen (secondary N) is 2. The van der Waals surface area contributed by atoms with Crippen LogP contribution in [0.4, 0.5) is 13.2 Å². The lowest BCUT2D eigenvalue weighted by Crippen LogP contribution is -2.47. The van der Waals surface area contributed by atoms with E-state index in [2.05, 4.69) is 25.8 Å². The van der Waals surface area contributed by atoms with Crippen molar-refractivity contribution >= 4 is 5.96 Å². The molecule has 2 heterocycles. The molecule has 170 valence electrons. The molecule has 1 fully saturated rings. The summed E-state index contributed by atoms with van der Waals surface area (Å²) in [5, 5.41) is 14.6. The Balaban J connectivity index is 1.66. The summed E-state index contributed by atoms with van der Waals surface area (Å²) in [6, 6.07) is 5.27. The van der Waals surface area contributed by atoms with Crippen molar-refractivity contribution in [1.29, 1.82) is 0 Å². The van der Waals surface area contributed by atoms with Crippen molar-refractivity contribution in [3.8, 4) is 0 Å². The highest BCUT2D eigenvalue weighted by atomic mass is 19.4. The van der Waals surface area contributed by atoms with E-state index in [4.69, 9.17) is 4.74 Å². The first kappa shape index (κ1) is 23.1. The van der Waals surface area contributed by atoms with Crippen LogP contribution in [0.5, 0.6) is 0 Å². The van der Waals surface area contributed by atoms with Crippen LogP contribution in [0.3, 0.4) is 0 Å². The molecule has 10 heteroatoms. The average Bonchev–Trinajstić information content (AvgIpc) is 3.43. The number of hydrogen-bond acceptors (Lipinski definition) is 4. The SMILES string of the molecule is CCc1nncn1CCNC(=NCc1cccc(C(F)(F)F)c1)NC(C)C1CCCO1. The minimum absolute atomic E-state index is 0.0244. The Kier molecular flexibility index (Phi) is 7.89. The molecule has 2 atom stereocenters. The minimum atomic E-state index is -4.37. The van der Waals surface area contributed by atoms with Gasteiger partial charge in [0, 0.05) is 26.1 Å². The van der Waals surface area contributed by atoms with Gasteiger partial charge in [0.15, 0.2) is 5.96 Å². The van der Waals surface area contributed by atoms with E-state index in [-0.39, 0.29) is 18.7 Å². The number of alkyl halides is 3. The lowest BCUT2D eigenvalue weighted by molar-refractivity contribution is -0.137. The predicted octanol–water partition coefficient (Wildman–Crippen LogP) is 3.16. The number of benzene rings is 1. The molecule has 7 nitrogen and oxygen atoms in total. The third kappa shape index (κ3) is 6.68. The number of guanidine groups is 1. The number of ether oxygens (including phenoxy) is 1. The van der Waals surface area contributed by atoms with Crippen LogP contribution in [-0.4, -0.2) is 46.0 Å². The topological polar surface area (TPSA) is 76.4 Å². The van der Waals surface area contributed by atoms with E-state index >= 15 is 0 Å². The van der Waals surface area contributed by atoms with E-state index < -0.39 is 11.7 Å². The molecule has 2 aromatic rings. The van der Waals surface area contributed by atoms with Crippen molar-refractivity contribution in [3.63, 3.8) is 0 Å². The van der Waals surface area contributed by atoms with Gasteiger partial charge in [-0.25, -0.2) is 4.99 Å². The molecule has 1 aliphatic rings. The molecule has 2 unspecified atom stereocenters. The Hall–Kier alpha value is -2.62. The molecular formula is C21H29F3N6O. The van der Waals surface area contributed by atoms with E-state index in [1.807, 2.05) is 18.4 Å². The van der Waals surface area contributed by atoms with E-state index in [1.54, 1.807) is 12.4 Å². The Labute approximate surface area is 180 Å². The molecule has 1 saturated heterocycles. The van der Waals surface area contributed by atoms with Crippen molar-refractivity contribution in [3.05, 3.63) is 47.5 Å². The van der Waals surface area contributed by atoms with E-state index in [0.717, 1.165) is 43.8 Å². The summed E-state index contributed by atoms with van der Waals surface area (Å²) >= 11 is 0. The Bertz CT molecular complexity index is 861. The van der Waals surface area contributed by atoms with Gasteiger partial charge in [0.1, 0.15) is 12.2 Å². The smallest absolute Gasteiger partial charge is 0.376 e. The van der Waals surface area contributed by atoms with Gasteiger partial charge in [-0.1, -0.05) is 19.1 Å². The maximum Gasteiger partial charge on any atom is 0.416 e. The van der Waals surface area contributed by atoms with Gasteiger partial charge in [-0.05, 0) is 37.5 Å². The fourth-order valence-electron chi connectivity index (χ4n) is 3.51. The van der Waals surface area contributed by atoms with Crippen molar-refractivity contribution in [2.75, 3.05) is 13.2 Å². The molecule has 3 rings (SSSR count). The lowest BCUT2D eigenvalue weighted by Gasteiger charge is -2.23. The second kappa shape index (κ2) is 10.6. The molecule has 1 aliphatic heterocycles. The van der Waals surface area contributed by atoms with Crippen molar-refractivity contribution in [1.82, 2.24) is 25.4 Å². The number of aryl methyl sites for hydroxylation is 1. The first-order chi connectivity index (χ1) is 14.9. The summed E-state index contributed by atoms with van der Waals surface area (Å²) < 4.78 is 46.7. The monoisotopic (exact) mass is 438 g/mol. The number of halogens is 3. The maximum absolute atomic E-state index is 13.0. The van der Waals surface area contributed by atoms with Crippen LogP contribution in [0.1, 0.15) is 43.6 Å². The van der Waals surface area contributed by atoms with Crippen LogP contribution in [0.2, 0.25) is 0 Å². The predicted molar refractivity (Wildman–Crippen MR) is 112 cm³/mol. The quantitative estimate of drug-likeness (QED) is 0.489. The number of aliphatic imine (C=N–C) groups is 1. The standard InChI is InChI=1S/C21H29F3N6O/c1-3-19-29-27-14-30(19)10-9-25-20(28-15(2)18-8-5-11-31-18)26-13-16-6-4-7-17(12-16)21(22,23)24/h4,6-7,12,14-15,18H,3,5,8-11,13H2,1-2H3,(H2,25,26,28). The second-order valence-corrected chi connectivity index (χ2v) is 7.57. The molecule has 0 radical (unpaired) electrons. The van der Waals surface area contributed by atoms with Crippen LogP contribution >= 0.6 is 0 Å². The molecule has 1 aromatic carbocycles. The molecular weight excluding hydrogens is 409 g/mol. The van der Waals surface area contributed by atoms with Crippen LogP contribution in [0.15, 0.2) is 35.6 Å². The summed E-state index contributed by atoms with van der Waals surface area (Å²) in [5.74, 6) is 1.43. The Morgan fingerprint density at radius 2 is 2.23 bits per heavy atom. The Morgan fingerprint density at radius 1 is 1.39 bits per heavy atom. The van der Waals surface area contributed by atoms with Gasteiger partial charge < -0.3 is 19.9 Å². The van der Waals surface area contributed by atoms with Crippen molar-refractivity contribution < 1.29 is 17.9 Å². The Morgan fingerprint density at radius 3 is 2.94 bits per heavy atom. The molecule has 0 saturated carbocycles. The first-order valence-corrected chi connectivity index (χ1v) is 10.6. The maximum atomic E-state index is 13.0. The molecule has 0 spiro atoms. The van der Waals surface area contributed by atoms with Gasteiger partial charge >= 0.3 is 6.18 Å². The largest absolute Gasteiger partial charge is 0.416 e. The molecule has 31 heavy (non-hydrogen) atoms. The van der Waals surface area contributed by atoms with Crippen LogP contribution in [0, 0.1) is 0 Å². The van der Waals surface area contributed by atoms with E-state index in [9.17, 15) is 13.2 Å². The first-order valence-electron chi connectivity index (χ1n) is 10.6. The molecule has 2 N–H and O–H groups in total. The van der Waals surface area contributed by atoms with Crippen LogP contribution in [0.25, 0.3) is 0 Å². The number of aromatic nitrogens is 3. The van der Waals surface area contributed by atoms with Gasteiger partial charge in [-0.3, -0.25) is 0 Å². The minimum Gasteiger partial charge on any atom is -0.376 e. The summed E-state index contributed by atoms with van der Waals surface area (Å²) in [6.45, 7) is 6.12. The fourth-order valence-corrected chi connectivity index (χ4v) is 3.51. The van der Waals surface area contributed by atoms with Gasteiger partial charge in [0.05, 0.1) is 24.3 Å². The normalized spacial score (nSPS) is 18.2. The highest BCUT2D eigenvalue weighted by molar-refractivity contribution is 5.80. The van der Waals surface area contributed by atoms with Crippen molar-refractivity contribution in [2.24, 2.45) is 4.99 Å². The molecule has 0 aliphatic carbocycles. The van der Waals surface area contributed by atoms with Gasteiger partial charge in [-0.15, -0.1) is 10.2 Å². The van der Waals surface area contributed by atoms with E-state index in [1.165, 1.54) is 6.07 Å². The third-order valence-corrected chi connectivity index (χ3v) is 5.22.